The van der Waals surface area contributed by atoms with Crippen molar-refractivity contribution in [3.8, 4) is 0 Å². The number of carbonyl (C=O) groups is 1. The van der Waals surface area contributed by atoms with Crippen LogP contribution >= 0.6 is 12.2 Å². The maximum atomic E-state index is 12.6. The van der Waals surface area contributed by atoms with E-state index in [1.54, 1.807) is 6.20 Å². The second-order valence-electron chi connectivity index (χ2n) is 7.38. The van der Waals surface area contributed by atoms with Gasteiger partial charge < -0.3 is 20.0 Å². The highest BCUT2D eigenvalue weighted by atomic mass is 32.1. The maximum absolute atomic E-state index is 12.6. The van der Waals surface area contributed by atoms with Crippen LogP contribution in [0.2, 0.25) is 0 Å². The van der Waals surface area contributed by atoms with Crippen LogP contribution in [-0.4, -0.2) is 27.4 Å². The standard InChI is InChI=1S/C23H24N4O2S/c1-15-7-3-4-8-17(15)25-20(28)12-14-27-22(19-11-10-16(2)29-19)21(26-23(27)30)18-9-5-6-13-24-18/h3-11,13,21-22H,12,14H2,1-2H3,(H,25,28)(H,26,30)/t21-,22+/m0/s1. The number of para-hydroxylation sites is 1. The van der Waals surface area contributed by atoms with Gasteiger partial charge in [-0.25, -0.2) is 0 Å². The Balaban J connectivity index is 1.52. The molecular weight excluding hydrogens is 396 g/mol. The van der Waals surface area contributed by atoms with Gasteiger partial charge in [-0.15, -0.1) is 0 Å². The van der Waals surface area contributed by atoms with Crippen LogP contribution < -0.4 is 10.6 Å². The highest BCUT2D eigenvalue weighted by Crippen LogP contribution is 2.39. The third-order valence-electron chi connectivity index (χ3n) is 5.25. The molecule has 1 fully saturated rings. The van der Waals surface area contributed by atoms with Crippen molar-refractivity contribution in [2.75, 3.05) is 11.9 Å². The van der Waals surface area contributed by atoms with E-state index in [2.05, 4.69) is 15.6 Å². The molecule has 0 bridgehead atoms. The van der Waals surface area contributed by atoms with E-state index in [0.717, 1.165) is 28.5 Å². The molecular formula is C23H24N4O2S. The third-order valence-corrected chi connectivity index (χ3v) is 5.60. The van der Waals surface area contributed by atoms with Crippen LogP contribution in [0.15, 0.2) is 65.2 Å². The lowest BCUT2D eigenvalue weighted by Crippen LogP contribution is -2.32. The third kappa shape index (κ3) is 4.21. The van der Waals surface area contributed by atoms with Crippen LogP contribution in [0.5, 0.6) is 0 Å². The highest BCUT2D eigenvalue weighted by Gasteiger charge is 2.41. The molecule has 1 aliphatic rings. The molecule has 2 N–H and O–H groups in total. The Labute approximate surface area is 181 Å². The highest BCUT2D eigenvalue weighted by molar-refractivity contribution is 7.80. The van der Waals surface area contributed by atoms with E-state index in [0.29, 0.717) is 18.1 Å². The van der Waals surface area contributed by atoms with E-state index in [9.17, 15) is 4.79 Å². The summed E-state index contributed by atoms with van der Waals surface area (Å²) in [5, 5.41) is 6.94. The predicted molar refractivity (Wildman–Crippen MR) is 120 cm³/mol. The van der Waals surface area contributed by atoms with Gasteiger partial charge in [0, 0.05) is 24.8 Å². The Kier molecular flexibility index (Phi) is 5.81. The lowest BCUT2D eigenvalue weighted by molar-refractivity contribution is -0.116. The number of aryl methyl sites for hydroxylation is 2. The number of nitrogens with one attached hydrogen (secondary N) is 2. The fourth-order valence-electron chi connectivity index (χ4n) is 3.72. The summed E-state index contributed by atoms with van der Waals surface area (Å²) in [7, 11) is 0. The molecule has 1 saturated heterocycles. The van der Waals surface area contributed by atoms with Gasteiger partial charge in [0.25, 0.3) is 0 Å². The summed E-state index contributed by atoms with van der Waals surface area (Å²) in [5.41, 5.74) is 2.74. The average Bonchev–Trinajstić information content (AvgIpc) is 3.31. The SMILES string of the molecule is Cc1ccc([C@@H]2[C@H](c3ccccn3)NC(=S)N2CCC(=O)Nc2ccccc2C)o1. The zero-order valence-electron chi connectivity index (χ0n) is 17.0. The number of rotatable bonds is 6. The summed E-state index contributed by atoms with van der Waals surface area (Å²) < 4.78 is 5.95. The summed E-state index contributed by atoms with van der Waals surface area (Å²) in [6.45, 7) is 4.36. The van der Waals surface area contributed by atoms with Crippen molar-refractivity contribution < 1.29 is 9.21 Å². The van der Waals surface area contributed by atoms with E-state index >= 15 is 0 Å². The summed E-state index contributed by atoms with van der Waals surface area (Å²) in [6.07, 6.45) is 2.07. The van der Waals surface area contributed by atoms with Gasteiger partial charge in [0.15, 0.2) is 5.11 Å². The maximum Gasteiger partial charge on any atom is 0.226 e. The van der Waals surface area contributed by atoms with Crippen LogP contribution in [0.25, 0.3) is 0 Å². The Morgan fingerprint density at radius 3 is 2.67 bits per heavy atom. The molecule has 2 aromatic heterocycles. The minimum Gasteiger partial charge on any atom is -0.464 e. The summed E-state index contributed by atoms with van der Waals surface area (Å²) >= 11 is 5.62. The fraction of sp³-hybridized carbons (Fsp3) is 0.261. The van der Waals surface area contributed by atoms with Crippen molar-refractivity contribution in [3.05, 3.63) is 83.6 Å². The van der Waals surface area contributed by atoms with Gasteiger partial charge in [-0.2, -0.15) is 0 Å². The largest absolute Gasteiger partial charge is 0.464 e. The van der Waals surface area contributed by atoms with Gasteiger partial charge in [0.1, 0.15) is 17.6 Å². The number of anilines is 1. The molecule has 7 heteroatoms. The van der Waals surface area contributed by atoms with Crippen molar-refractivity contribution >= 4 is 28.9 Å². The number of nitrogens with zero attached hydrogens (tertiary/aromatic N) is 2. The lowest BCUT2D eigenvalue weighted by atomic mass is 10.0. The molecule has 0 saturated carbocycles. The van der Waals surface area contributed by atoms with Gasteiger partial charge in [0.2, 0.25) is 5.91 Å². The summed E-state index contributed by atoms with van der Waals surface area (Å²) in [6, 6.07) is 17.1. The monoisotopic (exact) mass is 420 g/mol. The number of hydrogen-bond donors (Lipinski definition) is 2. The predicted octanol–water partition coefficient (Wildman–Crippen LogP) is 4.29. The van der Waals surface area contributed by atoms with Crippen molar-refractivity contribution in [3.63, 3.8) is 0 Å². The van der Waals surface area contributed by atoms with E-state index in [1.165, 1.54) is 0 Å². The first-order valence-corrected chi connectivity index (χ1v) is 10.3. The van der Waals surface area contributed by atoms with E-state index in [-0.39, 0.29) is 18.0 Å². The van der Waals surface area contributed by atoms with E-state index in [4.69, 9.17) is 16.6 Å². The fourth-order valence-corrected chi connectivity index (χ4v) is 4.05. The van der Waals surface area contributed by atoms with Crippen LogP contribution in [0.1, 0.15) is 41.3 Å². The summed E-state index contributed by atoms with van der Waals surface area (Å²) in [5.74, 6) is 1.58. The van der Waals surface area contributed by atoms with E-state index < -0.39 is 0 Å². The molecule has 6 nitrogen and oxygen atoms in total. The molecule has 30 heavy (non-hydrogen) atoms. The molecule has 4 rings (SSSR count). The number of thiocarbonyl (C=S) groups is 1. The lowest BCUT2D eigenvalue weighted by Gasteiger charge is -2.25. The van der Waals surface area contributed by atoms with Gasteiger partial charge in [0.05, 0.1) is 11.7 Å². The van der Waals surface area contributed by atoms with Crippen molar-refractivity contribution in [1.29, 1.82) is 0 Å². The Morgan fingerprint density at radius 1 is 1.17 bits per heavy atom. The van der Waals surface area contributed by atoms with Crippen molar-refractivity contribution in [2.24, 2.45) is 0 Å². The zero-order valence-corrected chi connectivity index (χ0v) is 17.8. The minimum absolute atomic E-state index is 0.0530. The molecule has 3 heterocycles. The van der Waals surface area contributed by atoms with Gasteiger partial charge in [-0.3, -0.25) is 9.78 Å². The average molecular weight is 421 g/mol. The molecule has 1 aromatic carbocycles. The second kappa shape index (κ2) is 8.67. The Hall–Kier alpha value is -3.19. The number of amides is 1. The Morgan fingerprint density at radius 2 is 1.97 bits per heavy atom. The molecule has 3 aromatic rings. The van der Waals surface area contributed by atoms with Crippen LogP contribution in [0, 0.1) is 13.8 Å². The van der Waals surface area contributed by atoms with Gasteiger partial charge in [-0.05, 0) is 62.0 Å². The molecule has 0 spiro atoms. The normalized spacial score (nSPS) is 18.3. The summed E-state index contributed by atoms with van der Waals surface area (Å²) in [4.78, 5) is 19.1. The quantitative estimate of drug-likeness (QED) is 0.580. The van der Waals surface area contributed by atoms with Crippen LogP contribution in [0.3, 0.4) is 0 Å². The Bertz CT molecular complexity index is 1050. The molecule has 2 atom stereocenters. The molecule has 0 unspecified atom stereocenters. The van der Waals surface area contributed by atoms with E-state index in [1.807, 2.05) is 73.3 Å². The smallest absolute Gasteiger partial charge is 0.226 e. The zero-order chi connectivity index (χ0) is 21.1. The molecule has 1 aliphatic heterocycles. The molecule has 1 amide bonds. The number of pyridine rings is 1. The van der Waals surface area contributed by atoms with Gasteiger partial charge >= 0.3 is 0 Å². The van der Waals surface area contributed by atoms with Crippen LogP contribution in [0.4, 0.5) is 5.69 Å². The first kappa shape index (κ1) is 20.1. The topological polar surface area (TPSA) is 70.4 Å². The van der Waals surface area contributed by atoms with Gasteiger partial charge in [-0.1, -0.05) is 24.3 Å². The molecule has 154 valence electrons. The number of furan rings is 1. The second-order valence-corrected chi connectivity index (χ2v) is 7.77. The molecule has 0 radical (unpaired) electrons. The number of carbonyl (C=O) groups excluding carboxylic acids is 1. The minimum atomic E-state index is -0.174. The van der Waals surface area contributed by atoms with Crippen molar-refractivity contribution in [2.45, 2.75) is 32.4 Å². The first-order chi connectivity index (χ1) is 14.5. The van der Waals surface area contributed by atoms with Crippen LogP contribution in [-0.2, 0) is 4.79 Å². The van der Waals surface area contributed by atoms with Crippen molar-refractivity contribution in [1.82, 2.24) is 15.2 Å². The molecule has 0 aliphatic carbocycles. The number of benzene rings is 1. The number of aromatic nitrogens is 1. The number of hydrogen-bond acceptors (Lipinski definition) is 4. The first-order valence-electron chi connectivity index (χ1n) is 9.93.